The zero-order chi connectivity index (χ0) is 23.8. The topological polar surface area (TPSA) is 34.0 Å². The van der Waals surface area contributed by atoms with Crippen molar-refractivity contribution in [2.75, 3.05) is 6.26 Å². The van der Waals surface area contributed by atoms with E-state index in [1.165, 1.54) is 42.6 Å². The van der Waals surface area contributed by atoms with Crippen LogP contribution in [0.1, 0.15) is 43.5 Å². The number of aromatic nitrogens is 1. The van der Waals surface area contributed by atoms with Gasteiger partial charge in [-0.3, -0.25) is 0 Å². The largest absolute Gasteiger partial charge is 0.417 e. The van der Waals surface area contributed by atoms with Gasteiger partial charge in [-0.25, -0.2) is 8.93 Å². The molecule has 0 saturated carbocycles. The molecule has 32 heavy (non-hydrogen) atoms. The summed E-state index contributed by atoms with van der Waals surface area (Å²) in [5.41, 5.74) is -0.381. The fourth-order valence-corrected chi connectivity index (χ4v) is 4.28. The molecular weight excluding hydrogens is 454 g/mol. The number of nitrogens with one attached hydrogen (secondary N) is 1. The zero-order valence-corrected chi connectivity index (χ0v) is 18.3. The second-order valence-electron chi connectivity index (χ2n) is 7.57. The number of benzene rings is 2. The third kappa shape index (κ3) is 4.85. The Kier molecular flexibility index (Phi) is 6.76. The Bertz CT molecular complexity index is 1140. The first kappa shape index (κ1) is 24.3. The molecule has 0 fully saturated rings. The van der Waals surface area contributed by atoms with E-state index in [1.54, 1.807) is 4.57 Å². The molecule has 174 valence electrons. The first-order chi connectivity index (χ1) is 14.8. The van der Waals surface area contributed by atoms with Crippen molar-refractivity contribution in [2.45, 2.75) is 44.7 Å². The molecule has 2 aromatic carbocycles. The van der Waals surface area contributed by atoms with Crippen molar-refractivity contribution >= 4 is 21.9 Å². The predicted molar refractivity (Wildman–Crippen MR) is 113 cm³/mol. The SMILES string of the molecule is CCC(C)n1cc(C(NS(C)=O)C(F)(F)F)c2ccc(-c3ccccc3C(F)(F)F)cc21. The van der Waals surface area contributed by atoms with Gasteiger partial charge in [0.1, 0.15) is 6.04 Å². The lowest BCUT2D eigenvalue weighted by molar-refractivity contribution is -0.152. The van der Waals surface area contributed by atoms with Gasteiger partial charge in [0.05, 0.1) is 16.5 Å². The Balaban J connectivity index is 2.28. The molecule has 0 aliphatic heterocycles. The minimum absolute atomic E-state index is 0.0551. The lowest BCUT2D eigenvalue weighted by Gasteiger charge is -2.20. The van der Waals surface area contributed by atoms with E-state index in [0.717, 1.165) is 12.3 Å². The van der Waals surface area contributed by atoms with Crippen LogP contribution >= 0.6 is 0 Å². The van der Waals surface area contributed by atoms with Crippen molar-refractivity contribution in [1.29, 1.82) is 0 Å². The normalized spacial score (nSPS) is 15.7. The van der Waals surface area contributed by atoms with Gasteiger partial charge in [-0.15, -0.1) is 0 Å². The third-order valence-electron chi connectivity index (χ3n) is 5.40. The second-order valence-corrected chi connectivity index (χ2v) is 8.71. The summed E-state index contributed by atoms with van der Waals surface area (Å²) < 4.78 is 97.1. The molecule has 3 nitrogen and oxygen atoms in total. The van der Waals surface area contributed by atoms with Crippen LogP contribution in [0.3, 0.4) is 0 Å². The van der Waals surface area contributed by atoms with Gasteiger partial charge >= 0.3 is 12.4 Å². The average molecular weight is 476 g/mol. The highest BCUT2D eigenvalue weighted by molar-refractivity contribution is 7.82. The van der Waals surface area contributed by atoms with E-state index in [9.17, 15) is 30.6 Å². The van der Waals surface area contributed by atoms with Crippen molar-refractivity contribution in [3.63, 3.8) is 0 Å². The van der Waals surface area contributed by atoms with Gasteiger partial charge in [0.2, 0.25) is 0 Å². The Morgan fingerprint density at radius 3 is 2.28 bits per heavy atom. The molecular formula is C22H22F6N2OS. The minimum Gasteiger partial charge on any atom is -0.344 e. The van der Waals surface area contributed by atoms with Gasteiger partial charge in [0.15, 0.2) is 0 Å². The minimum atomic E-state index is -4.72. The van der Waals surface area contributed by atoms with Crippen molar-refractivity contribution in [1.82, 2.24) is 9.29 Å². The molecule has 0 bridgehead atoms. The fraction of sp³-hybridized carbons (Fsp3) is 0.364. The van der Waals surface area contributed by atoms with E-state index < -0.39 is 34.9 Å². The van der Waals surface area contributed by atoms with Gasteiger partial charge in [-0.2, -0.15) is 26.3 Å². The van der Waals surface area contributed by atoms with E-state index in [1.807, 2.05) is 13.8 Å². The fourth-order valence-electron chi connectivity index (χ4n) is 3.69. The molecule has 3 atom stereocenters. The number of halogens is 6. The smallest absolute Gasteiger partial charge is 0.344 e. The van der Waals surface area contributed by atoms with Crippen LogP contribution in [0.4, 0.5) is 26.3 Å². The van der Waals surface area contributed by atoms with Crippen molar-refractivity contribution in [3.05, 3.63) is 59.8 Å². The number of hydrogen-bond donors (Lipinski definition) is 1. The summed E-state index contributed by atoms with van der Waals surface area (Å²) in [6, 6.07) is 6.93. The highest BCUT2D eigenvalue weighted by Crippen LogP contribution is 2.41. The maximum absolute atomic E-state index is 13.8. The summed E-state index contributed by atoms with van der Waals surface area (Å²) in [5.74, 6) is 0. The molecule has 1 heterocycles. The average Bonchev–Trinajstić information content (AvgIpc) is 3.08. The highest BCUT2D eigenvalue weighted by Gasteiger charge is 2.43. The quantitative estimate of drug-likeness (QED) is 0.391. The molecule has 1 aromatic heterocycles. The molecule has 3 aromatic rings. The van der Waals surface area contributed by atoms with Gasteiger partial charge < -0.3 is 4.57 Å². The van der Waals surface area contributed by atoms with Crippen LogP contribution in [-0.4, -0.2) is 21.2 Å². The van der Waals surface area contributed by atoms with E-state index in [2.05, 4.69) is 4.72 Å². The summed E-state index contributed by atoms with van der Waals surface area (Å²) in [7, 11) is -1.94. The van der Waals surface area contributed by atoms with Crippen LogP contribution < -0.4 is 4.72 Å². The lowest BCUT2D eigenvalue weighted by atomic mass is 9.97. The molecule has 0 radical (unpaired) electrons. The molecule has 0 spiro atoms. The van der Waals surface area contributed by atoms with Crippen LogP contribution in [0.25, 0.3) is 22.0 Å². The summed E-state index contributed by atoms with van der Waals surface area (Å²) >= 11 is 0. The zero-order valence-electron chi connectivity index (χ0n) is 17.5. The monoisotopic (exact) mass is 476 g/mol. The van der Waals surface area contributed by atoms with Crippen LogP contribution in [0.5, 0.6) is 0 Å². The lowest BCUT2D eigenvalue weighted by Crippen LogP contribution is -2.34. The van der Waals surface area contributed by atoms with Crippen molar-refractivity contribution in [3.8, 4) is 11.1 Å². The van der Waals surface area contributed by atoms with Crippen LogP contribution in [-0.2, 0) is 17.2 Å². The number of nitrogens with zero attached hydrogens (tertiary/aromatic N) is 1. The maximum Gasteiger partial charge on any atom is 0.417 e. The Hall–Kier alpha value is -2.33. The summed E-state index contributed by atoms with van der Waals surface area (Å²) in [5, 5.41) is 0.235. The van der Waals surface area contributed by atoms with Crippen molar-refractivity contribution < 1.29 is 30.6 Å². The van der Waals surface area contributed by atoms with Crippen molar-refractivity contribution in [2.24, 2.45) is 0 Å². The van der Waals surface area contributed by atoms with Crippen LogP contribution in [0.15, 0.2) is 48.7 Å². The number of fused-ring (bicyclic) bond motifs is 1. The first-order valence-corrected chi connectivity index (χ1v) is 11.4. The van der Waals surface area contributed by atoms with E-state index in [4.69, 9.17) is 0 Å². The third-order valence-corrected chi connectivity index (χ3v) is 5.96. The molecule has 3 unspecified atom stereocenters. The molecule has 0 saturated heterocycles. The summed E-state index contributed by atoms with van der Waals surface area (Å²) in [4.78, 5) is 0. The molecule has 1 N–H and O–H groups in total. The maximum atomic E-state index is 13.8. The van der Waals surface area contributed by atoms with Gasteiger partial charge in [0.25, 0.3) is 0 Å². The Morgan fingerprint density at radius 2 is 1.72 bits per heavy atom. The number of alkyl halides is 6. The van der Waals surface area contributed by atoms with E-state index in [0.29, 0.717) is 11.9 Å². The van der Waals surface area contributed by atoms with Gasteiger partial charge in [-0.05, 0) is 36.6 Å². The van der Waals surface area contributed by atoms with E-state index >= 15 is 0 Å². The van der Waals surface area contributed by atoms with E-state index in [-0.39, 0.29) is 28.1 Å². The highest BCUT2D eigenvalue weighted by atomic mass is 32.2. The van der Waals surface area contributed by atoms with Crippen LogP contribution in [0, 0.1) is 0 Å². The first-order valence-electron chi connectivity index (χ1n) is 9.82. The molecule has 3 rings (SSSR count). The molecule has 0 amide bonds. The Morgan fingerprint density at radius 1 is 1.06 bits per heavy atom. The second kappa shape index (κ2) is 8.90. The Labute approximate surface area is 184 Å². The van der Waals surface area contributed by atoms with Crippen LogP contribution in [0.2, 0.25) is 0 Å². The van der Waals surface area contributed by atoms with Gasteiger partial charge in [-0.1, -0.05) is 37.3 Å². The summed E-state index contributed by atoms with van der Waals surface area (Å²) in [6.07, 6.45) is -6.25. The standard InChI is InChI=1S/C22H22F6N2OS/c1-4-13(2)30-12-17(20(22(26,27)28)29-32(3)31)16-10-9-14(11-19(16)30)15-7-5-6-8-18(15)21(23,24)25/h5-13,20,29H,4H2,1-3H3. The number of hydrogen-bond acceptors (Lipinski definition) is 1. The van der Waals surface area contributed by atoms with Gasteiger partial charge in [0, 0.05) is 35.0 Å². The number of rotatable bonds is 6. The summed E-state index contributed by atoms with van der Waals surface area (Å²) in [6.45, 7) is 3.67. The predicted octanol–water partition coefficient (Wildman–Crippen LogP) is 6.78. The molecule has 10 heteroatoms. The molecule has 0 aliphatic carbocycles. The molecule has 0 aliphatic rings.